The van der Waals surface area contributed by atoms with E-state index in [1.165, 1.54) is 38.5 Å². The minimum atomic E-state index is -0.358. The lowest BCUT2D eigenvalue weighted by molar-refractivity contribution is -0.138. The third-order valence-corrected chi connectivity index (χ3v) is 4.23. The lowest BCUT2D eigenvalue weighted by atomic mass is 9.97. The van der Waals surface area contributed by atoms with E-state index in [2.05, 4.69) is 13.5 Å². The summed E-state index contributed by atoms with van der Waals surface area (Å²) in [4.78, 5) is 11.4. The molecule has 0 fully saturated rings. The molecule has 0 saturated carbocycles. The van der Waals surface area contributed by atoms with Gasteiger partial charge in [-0.05, 0) is 37.0 Å². The monoisotopic (exact) mass is 332 g/mol. The van der Waals surface area contributed by atoms with Crippen LogP contribution in [0.15, 0.2) is 30.4 Å². The van der Waals surface area contributed by atoms with Gasteiger partial charge in [0, 0.05) is 12.0 Å². The normalized spacial score (nSPS) is 10.6. The van der Waals surface area contributed by atoms with Gasteiger partial charge in [0.15, 0.2) is 0 Å². The largest absolute Gasteiger partial charge is 0.508 e. The number of benzene rings is 1. The van der Waals surface area contributed by atoms with E-state index in [1.54, 1.807) is 13.0 Å². The fraction of sp³-hybridized carbons (Fsp3) is 0.571. The van der Waals surface area contributed by atoms with Crippen LogP contribution in [0.4, 0.5) is 0 Å². The Morgan fingerprint density at radius 1 is 1.08 bits per heavy atom. The van der Waals surface area contributed by atoms with Crippen molar-refractivity contribution in [3.05, 3.63) is 41.5 Å². The standard InChI is InChI=1S/C21H32O3/c1-4-5-6-7-8-9-10-13-19-18(12-11-14-20(19)22)15-16-24-21(23)17(2)3/h11-12,14,22H,2,4-10,13,15-16H2,1,3H3. The lowest BCUT2D eigenvalue weighted by Gasteiger charge is -2.12. The van der Waals surface area contributed by atoms with Crippen LogP contribution in [0.2, 0.25) is 0 Å². The van der Waals surface area contributed by atoms with Gasteiger partial charge in [0.25, 0.3) is 0 Å². The number of carbonyl (C=O) groups excluding carboxylic acids is 1. The maximum atomic E-state index is 11.4. The van der Waals surface area contributed by atoms with Crippen LogP contribution in [-0.2, 0) is 22.4 Å². The number of esters is 1. The van der Waals surface area contributed by atoms with Crippen LogP contribution < -0.4 is 0 Å². The van der Waals surface area contributed by atoms with Crippen LogP contribution in [-0.4, -0.2) is 17.7 Å². The summed E-state index contributed by atoms with van der Waals surface area (Å²) >= 11 is 0. The molecule has 0 aliphatic rings. The minimum Gasteiger partial charge on any atom is -0.508 e. The number of hydrogen-bond donors (Lipinski definition) is 1. The second-order valence-corrected chi connectivity index (χ2v) is 6.45. The molecule has 0 saturated heterocycles. The van der Waals surface area contributed by atoms with Crippen molar-refractivity contribution in [3.8, 4) is 5.75 Å². The van der Waals surface area contributed by atoms with Crippen molar-refractivity contribution in [1.82, 2.24) is 0 Å². The highest BCUT2D eigenvalue weighted by Crippen LogP contribution is 2.24. The molecule has 1 aromatic rings. The number of rotatable bonds is 12. The predicted molar refractivity (Wildman–Crippen MR) is 99.3 cm³/mol. The Hall–Kier alpha value is -1.77. The SMILES string of the molecule is C=C(C)C(=O)OCCc1cccc(O)c1CCCCCCCCC. The van der Waals surface area contributed by atoms with E-state index in [9.17, 15) is 9.90 Å². The second-order valence-electron chi connectivity index (χ2n) is 6.45. The zero-order valence-electron chi connectivity index (χ0n) is 15.3. The molecular formula is C21H32O3. The molecule has 24 heavy (non-hydrogen) atoms. The topological polar surface area (TPSA) is 46.5 Å². The number of ether oxygens (including phenoxy) is 1. The van der Waals surface area contributed by atoms with Crippen molar-refractivity contribution in [1.29, 1.82) is 0 Å². The Balaban J connectivity index is 2.42. The summed E-state index contributed by atoms with van der Waals surface area (Å²) in [5.41, 5.74) is 2.47. The number of carbonyl (C=O) groups is 1. The van der Waals surface area contributed by atoms with E-state index in [0.717, 1.165) is 24.0 Å². The number of unbranched alkanes of at least 4 members (excludes halogenated alkanes) is 6. The Labute approximate surface area is 146 Å². The average Bonchev–Trinajstić information content (AvgIpc) is 2.55. The number of phenols is 1. The van der Waals surface area contributed by atoms with Gasteiger partial charge in [0.2, 0.25) is 0 Å². The molecule has 0 unspecified atom stereocenters. The van der Waals surface area contributed by atoms with Crippen LogP contribution in [0, 0.1) is 0 Å². The van der Waals surface area contributed by atoms with Crippen LogP contribution >= 0.6 is 0 Å². The molecule has 0 aliphatic carbocycles. The average molecular weight is 332 g/mol. The summed E-state index contributed by atoms with van der Waals surface area (Å²) in [5.74, 6) is -0.00602. The third kappa shape index (κ3) is 7.67. The fourth-order valence-corrected chi connectivity index (χ4v) is 2.78. The Morgan fingerprint density at radius 2 is 1.75 bits per heavy atom. The Morgan fingerprint density at radius 3 is 2.42 bits per heavy atom. The molecule has 0 aliphatic heterocycles. The van der Waals surface area contributed by atoms with Gasteiger partial charge < -0.3 is 9.84 Å². The molecule has 3 heteroatoms. The molecule has 1 N–H and O–H groups in total. The molecule has 0 spiro atoms. The quantitative estimate of drug-likeness (QED) is 0.319. The van der Waals surface area contributed by atoms with Crippen molar-refractivity contribution in [2.75, 3.05) is 6.61 Å². The first-order valence-corrected chi connectivity index (χ1v) is 9.18. The molecule has 0 amide bonds. The predicted octanol–water partition coefficient (Wildman–Crippen LogP) is 5.35. The van der Waals surface area contributed by atoms with Crippen molar-refractivity contribution in [2.24, 2.45) is 0 Å². The fourth-order valence-electron chi connectivity index (χ4n) is 2.78. The van der Waals surface area contributed by atoms with E-state index < -0.39 is 0 Å². The van der Waals surface area contributed by atoms with Crippen molar-refractivity contribution >= 4 is 5.97 Å². The number of hydrogen-bond acceptors (Lipinski definition) is 3. The van der Waals surface area contributed by atoms with E-state index in [-0.39, 0.29) is 5.97 Å². The first-order valence-electron chi connectivity index (χ1n) is 9.18. The van der Waals surface area contributed by atoms with Gasteiger partial charge in [-0.2, -0.15) is 0 Å². The zero-order chi connectivity index (χ0) is 17.8. The van der Waals surface area contributed by atoms with Gasteiger partial charge in [-0.15, -0.1) is 0 Å². The van der Waals surface area contributed by atoms with E-state index in [4.69, 9.17) is 4.74 Å². The van der Waals surface area contributed by atoms with E-state index in [0.29, 0.717) is 24.4 Å². The zero-order valence-corrected chi connectivity index (χ0v) is 15.3. The Bertz CT molecular complexity index is 520. The van der Waals surface area contributed by atoms with Crippen LogP contribution in [0.1, 0.15) is 69.9 Å². The molecule has 1 rings (SSSR count). The highest BCUT2D eigenvalue weighted by Gasteiger charge is 2.09. The molecule has 134 valence electrons. The van der Waals surface area contributed by atoms with Gasteiger partial charge >= 0.3 is 5.97 Å². The maximum absolute atomic E-state index is 11.4. The smallest absolute Gasteiger partial charge is 0.333 e. The first-order chi connectivity index (χ1) is 11.6. The van der Waals surface area contributed by atoms with E-state index in [1.807, 2.05) is 12.1 Å². The van der Waals surface area contributed by atoms with Crippen LogP contribution in [0.5, 0.6) is 5.75 Å². The molecule has 0 heterocycles. The summed E-state index contributed by atoms with van der Waals surface area (Å²) in [7, 11) is 0. The summed E-state index contributed by atoms with van der Waals surface area (Å²) in [6, 6.07) is 5.59. The van der Waals surface area contributed by atoms with Crippen LogP contribution in [0.25, 0.3) is 0 Å². The second kappa shape index (κ2) is 11.7. The van der Waals surface area contributed by atoms with Gasteiger partial charge in [-0.25, -0.2) is 4.79 Å². The van der Waals surface area contributed by atoms with Gasteiger partial charge in [0.05, 0.1) is 6.61 Å². The molecule has 0 bridgehead atoms. The highest BCUT2D eigenvalue weighted by molar-refractivity contribution is 5.86. The Kier molecular flexibility index (Phi) is 9.90. The van der Waals surface area contributed by atoms with Crippen molar-refractivity contribution in [3.63, 3.8) is 0 Å². The molecule has 3 nitrogen and oxygen atoms in total. The molecule has 0 radical (unpaired) electrons. The van der Waals surface area contributed by atoms with Gasteiger partial charge in [-0.3, -0.25) is 0 Å². The minimum absolute atomic E-state index is 0.319. The molecular weight excluding hydrogens is 300 g/mol. The lowest BCUT2D eigenvalue weighted by Crippen LogP contribution is -2.09. The van der Waals surface area contributed by atoms with Crippen molar-refractivity contribution in [2.45, 2.75) is 71.6 Å². The third-order valence-electron chi connectivity index (χ3n) is 4.23. The van der Waals surface area contributed by atoms with Crippen molar-refractivity contribution < 1.29 is 14.6 Å². The molecule has 1 aromatic carbocycles. The van der Waals surface area contributed by atoms with Crippen LogP contribution in [0.3, 0.4) is 0 Å². The number of aromatic hydroxyl groups is 1. The van der Waals surface area contributed by atoms with Gasteiger partial charge in [0.1, 0.15) is 5.75 Å². The summed E-state index contributed by atoms with van der Waals surface area (Å²) in [6.45, 7) is 7.76. The van der Waals surface area contributed by atoms with E-state index >= 15 is 0 Å². The highest BCUT2D eigenvalue weighted by atomic mass is 16.5. The summed E-state index contributed by atoms with van der Waals surface area (Å²) < 4.78 is 5.16. The molecule has 0 aromatic heterocycles. The van der Waals surface area contributed by atoms with Gasteiger partial charge in [-0.1, -0.05) is 64.2 Å². The summed E-state index contributed by atoms with van der Waals surface area (Å²) in [6.07, 6.45) is 10.3. The maximum Gasteiger partial charge on any atom is 0.333 e. The first kappa shape index (κ1) is 20.3. The summed E-state index contributed by atoms with van der Waals surface area (Å²) in [5, 5.41) is 10.1. The molecule has 0 atom stereocenters. The number of phenolic OH excluding ortho intramolecular Hbond substituents is 1.